The maximum Gasteiger partial charge on any atom is 0.416 e. The van der Waals surface area contributed by atoms with E-state index in [4.69, 9.17) is 11.6 Å². The van der Waals surface area contributed by atoms with Crippen LogP contribution in [0.4, 0.5) is 13.2 Å². The second kappa shape index (κ2) is 3.96. The minimum atomic E-state index is -4.49. The van der Waals surface area contributed by atoms with Gasteiger partial charge in [-0.25, -0.2) is 0 Å². The summed E-state index contributed by atoms with van der Waals surface area (Å²) in [7, 11) is -1.95. The lowest BCUT2D eigenvalue weighted by Crippen LogP contribution is -2.38. The van der Waals surface area contributed by atoms with Gasteiger partial charge in [-0.1, -0.05) is 31.2 Å². The Morgan fingerprint density at radius 3 is 2.00 bits per heavy atom. The lowest BCUT2D eigenvalue weighted by atomic mass is 10.2. The highest BCUT2D eigenvalue weighted by molar-refractivity contribution is 6.90. The molecule has 90 valence electrons. The Morgan fingerprint density at radius 2 is 1.69 bits per heavy atom. The van der Waals surface area contributed by atoms with Gasteiger partial charge in [-0.2, -0.15) is 13.2 Å². The maximum atomic E-state index is 12.4. The summed E-state index contributed by atoms with van der Waals surface area (Å²) in [6, 6.07) is 1.61. The van der Waals surface area contributed by atoms with Crippen LogP contribution in [0.25, 0.3) is 0 Å². The number of hydrogen-bond donors (Lipinski definition) is 1. The van der Waals surface area contributed by atoms with Gasteiger partial charge in [-0.3, -0.25) is 0 Å². The zero-order chi connectivity index (χ0) is 12.7. The first kappa shape index (κ1) is 13.4. The van der Waals surface area contributed by atoms with Gasteiger partial charge < -0.3 is 5.11 Å². The van der Waals surface area contributed by atoms with Crippen LogP contribution in [0.1, 0.15) is 5.56 Å². The van der Waals surface area contributed by atoms with Crippen LogP contribution >= 0.6 is 11.6 Å². The zero-order valence-electron chi connectivity index (χ0n) is 9.11. The predicted octanol–water partition coefficient (Wildman–Crippen LogP) is 3.61. The lowest BCUT2D eigenvalue weighted by molar-refractivity contribution is -0.137. The van der Waals surface area contributed by atoms with Gasteiger partial charge in [-0.15, -0.1) is 0 Å². The van der Waals surface area contributed by atoms with Crippen LogP contribution < -0.4 is 5.19 Å². The van der Waals surface area contributed by atoms with Crippen LogP contribution in [0.5, 0.6) is 5.75 Å². The fourth-order valence-corrected chi connectivity index (χ4v) is 4.19. The van der Waals surface area contributed by atoms with Crippen molar-refractivity contribution < 1.29 is 18.3 Å². The van der Waals surface area contributed by atoms with Crippen molar-refractivity contribution in [3.8, 4) is 5.75 Å². The van der Waals surface area contributed by atoms with E-state index in [0.717, 1.165) is 12.1 Å². The quantitative estimate of drug-likeness (QED) is 0.772. The van der Waals surface area contributed by atoms with Gasteiger partial charge in [0.1, 0.15) is 5.75 Å². The molecule has 0 bridgehead atoms. The van der Waals surface area contributed by atoms with Crippen molar-refractivity contribution in [2.75, 3.05) is 0 Å². The van der Waals surface area contributed by atoms with Crippen LogP contribution in [-0.4, -0.2) is 13.2 Å². The Morgan fingerprint density at radius 1 is 1.19 bits per heavy atom. The zero-order valence-corrected chi connectivity index (χ0v) is 10.9. The van der Waals surface area contributed by atoms with Crippen molar-refractivity contribution in [2.45, 2.75) is 25.8 Å². The molecule has 0 aromatic heterocycles. The Hall–Kier alpha value is -0.683. The van der Waals surface area contributed by atoms with Crippen molar-refractivity contribution in [1.29, 1.82) is 0 Å². The van der Waals surface area contributed by atoms with E-state index < -0.39 is 19.8 Å². The summed E-state index contributed by atoms with van der Waals surface area (Å²) >= 11 is 5.80. The molecule has 0 saturated heterocycles. The molecule has 0 aliphatic rings. The highest BCUT2D eigenvalue weighted by Crippen LogP contribution is 2.33. The third kappa shape index (κ3) is 2.71. The molecule has 0 atom stereocenters. The summed E-state index contributed by atoms with van der Waals surface area (Å²) in [4.78, 5) is 0. The van der Waals surface area contributed by atoms with Gasteiger partial charge in [0.2, 0.25) is 0 Å². The van der Waals surface area contributed by atoms with Crippen LogP contribution in [0.15, 0.2) is 12.1 Å². The molecule has 0 amide bonds. The smallest absolute Gasteiger partial charge is 0.416 e. The third-order valence-corrected chi connectivity index (χ3v) is 4.63. The normalized spacial score (nSPS) is 12.9. The van der Waals surface area contributed by atoms with Gasteiger partial charge in [-0.05, 0) is 17.3 Å². The minimum Gasteiger partial charge on any atom is -0.508 e. The molecule has 0 heterocycles. The van der Waals surface area contributed by atoms with E-state index in [1.165, 1.54) is 0 Å². The molecule has 1 rings (SSSR count). The van der Waals surface area contributed by atoms with Gasteiger partial charge in [0.05, 0.1) is 13.6 Å². The monoisotopic (exact) mass is 268 g/mol. The van der Waals surface area contributed by atoms with E-state index >= 15 is 0 Å². The molecule has 1 N–H and O–H groups in total. The van der Waals surface area contributed by atoms with Crippen molar-refractivity contribution in [3.63, 3.8) is 0 Å². The average molecular weight is 269 g/mol. The van der Waals surface area contributed by atoms with Crippen molar-refractivity contribution in [1.82, 2.24) is 0 Å². The molecule has 0 aliphatic carbocycles. The van der Waals surface area contributed by atoms with Crippen molar-refractivity contribution in [2.24, 2.45) is 0 Å². The van der Waals surface area contributed by atoms with Gasteiger partial charge in [0, 0.05) is 5.02 Å². The summed E-state index contributed by atoms with van der Waals surface area (Å²) in [6.45, 7) is 5.71. The SMILES string of the molecule is C[Si](C)(C)c1c(O)cc(C(F)(F)F)cc1Cl. The third-order valence-electron chi connectivity index (χ3n) is 2.15. The molecule has 1 aromatic rings. The van der Waals surface area contributed by atoms with E-state index in [9.17, 15) is 18.3 Å². The summed E-state index contributed by atoms with van der Waals surface area (Å²) < 4.78 is 37.3. The van der Waals surface area contributed by atoms with Crippen LogP contribution in [0.3, 0.4) is 0 Å². The summed E-state index contributed by atoms with van der Waals surface area (Å²) in [5.74, 6) is -0.362. The van der Waals surface area contributed by atoms with E-state index in [1.54, 1.807) is 0 Å². The molecule has 0 spiro atoms. The first-order valence-electron chi connectivity index (χ1n) is 4.63. The molecule has 0 aliphatic heterocycles. The molecule has 16 heavy (non-hydrogen) atoms. The molecule has 0 radical (unpaired) electrons. The number of aromatic hydroxyl groups is 1. The van der Waals surface area contributed by atoms with E-state index in [2.05, 4.69) is 0 Å². The first-order valence-corrected chi connectivity index (χ1v) is 8.51. The van der Waals surface area contributed by atoms with Gasteiger partial charge >= 0.3 is 6.18 Å². The molecule has 6 heteroatoms. The second-order valence-corrected chi connectivity index (χ2v) is 10.0. The van der Waals surface area contributed by atoms with E-state index in [0.29, 0.717) is 5.19 Å². The van der Waals surface area contributed by atoms with E-state index in [-0.39, 0.29) is 10.8 Å². The lowest BCUT2D eigenvalue weighted by Gasteiger charge is -2.21. The van der Waals surface area contributed by atoms with Gasteiger partial charge in [0.15, 0.2) is 0 Å². The largest absolute Gasteiger partial charge is 0.508 e. The van der Waals surface area contributed by atoms with Crippen LogP contribution in [0.2, 0.25) is 24.7 Å². The topological polar surface area (TPSA) is 20.2 Å². The molecule has 0 fully saturated rings. The number of phenolic OH excluding ortho intramolecular Hbond substituents is 1. The fraction of sp³-hybridized carbons (Fsp3) is 0.400. The highest BCUT2D eigenvalue weighted by atomic mass is 35.5. The number of rotatable bonds is 1. The average Bonchev–Trinajstić information content (AvgIpc) is 1.97. The van der Waals surface area contributed by atoms with Gasteiger partial charge in [0.25, 0.3) is 0 Å². The molecular weight excluding hydrogens is 257 g/mol. The number of halogens is 4. The predicted molar refractivity (Wildman–Crippen MR) is 61.1 cm³/mol. The summed E-state index contributed by atoms with van der Waals surface area (Å²) in [5, 5.41) is 10.1. The van der Waals surface area contributed by atoms with Crippen molar-refractivity contribution >= 4 is 24.9 Å². The second-order valence-electron chi connectivity index (χ2n) is 4.60. The molecule has 0 unspecified atom stereocenters. The molecule has 1 aromatic carbocycles. The summed E-state index contributed by atoms with van der Waals surface area (Å²) in [6.07, 6.45) is -4.49. The van der Waals surface area contributed by atoms with Crippen LogP contribution in [0, 0.1) is 0 Å². The van der Waals surface area contributed by atoms with E-state index in [1.807, 2.05) is 19.6 Å². The Kier molecular flexibility index (Phi) is 3.31. The number of alkyl halides is 3. The van der Waals surface area contributed by atoms with Crippen molar-refractivity contribution in [3.05, 3.63) is 22.7 Å². The summed E-state index contributed by atoms with van der Waals surface area (Å²) in [5.41, 5.74) is -0.919. The Bertz CT molecular complexity index is 387. The fourth-order valence-electron chi connectivity index (χ4n) is 1.50. The minimum absolute atomic E-state index is 0.00788. The molecule has 0 saturated carbocycles. The maximum absolute atomic E-state index is 12.4. The standard InChI is InChI=1S/C10H12ClF3OSi/c1-16(2,3)9-7(11)4-6(5-8(9)15)10(12,13)14/h4-5,15H,1-3H3. The molecule has 1 nitrogen and oxygen atoms in total. The Balaban J connectivity index is 3.41. The number of phenols is 1. The number of hydrogen-bond acceptors (Lipinski definition) is 1. The highest BCUT2D eigenvalue weighted by Gasteiger charge is 2.34. The first-order chi connectivity index (χ1) is 7.03. The Labute approximate surface area is 97.9 Å². The molecular formula is C10H12ClF3OSi. The van der Waals surface area contributed by atoms with Crippen LogP contribution in [-0.2, 0) is 6.18 Å². The number of benzene rings is 1.